The first-order valence-electron chi connectivity index (χ1n) is 6.89. The molecule has 2 heterocycles. The number of para-hydroxylation sites is 1. The molecule has 0 unspecified atom stereocenters. The number of ether oxygens (including phenoxy) is 1. The number of hydrogen-bond donors (Lipinski definition) is 2. The van der Waals surface area contributed by atoms with Crippen LogP contribution in [0.5, 0.6) is 5.75 Å². The molecular formula is C15H15N3O3S. The number of nitrogens with zero attached hydrogens (tertiary/aromatic N) is 1. The fourth-order valence-corrected chi connectivity index (χ4v) is 3.09. The maximum absolute atomic E-state index is 12.3. The monoisotopic (exact) mass is 317 g/mol. The van der Waals surface area contributed by atoms with E-state index in [9.17, 15) is 9.59 Å². The van der Waals surface area contributed by atoms with Crippen molar-refractivity contribution in [3.05, 3.63) is 45.9 Å². The molecule has 0 spiro atoms. The number of nitrogens with one attached hydrogen (secondary N) is 2. The lowest BCUT2D eigenvalue weighted by atomic mass is 9.92. The van der Waals surface area contributed by atoms with Gasteiger partial charge < -0.3 is 4.74 Å². The van der Waals surface area contributed by atoms with Crippen molar-refractivity contribution in [2.45, 2.75) is 19.3 Å². The minimum absolute atomic E-state index is 0.244. The first kappa shape index (κ1) is 14.5. The van der Waals surface area contributed by atoms with Gasteiger partial charge >= 0.3 is 0 Å². The Kier molecular flexibility index (Phi) is 4.06. The average molecular weight is 317 g/mol. The molecule has 2 N–H and O–H groups in total. The molecular weight excluding hydrogens is 302 g/mol. The van der Waals surface area contributed by atoms with Crippen molar-refractivity contribution in [2.24, 2.45) is 0 Å². The molecule has 0 fully saturated rings. The summed E-state index contributed by atoms with van der Waals surface area (Å²) in [6.07, 6.45) is 0.582. The Labute approximate surface area is 131 Å². The third-order valence-electron chi connectivity index (χ3n) is 3.53. The van der Waals surface area contributed by atoms with Crippen LogP contribution in [-0.4, -0.2) is 23.4 Å². The molecule has 114 valence electrons. The lowest BCUT2D eigenvalue weighted by Crippen LogP contribution is -2.44. The van der Waals surface area contributed by atoms with E-state index in [4.69, 9.17) is 4.74 Å². The Balaban J connectivity index is 1.66. The van der Waals surface area contributed by atoms with E-state index in [-0.39, 0.29) is 17.7 Å². The molecule has 1 aromatic carbocycles. The van der Waals surface area contributed by atoms with Crippen molar-refractivity contribution >= 4 is 23.2 Å². The Morgan fingerprint density at radius 3 is 2.91 bits per heavy atom. The predicted molar refractivity (Wildman–Crippen MR) is 81.8 cm³/mol. The maximum Gasteiger partial charge on any atom is 0.281 e. The van der Waals surface area contributed by atoms with Gasteiger partial charge in [0.15, 0.2) is 0 Å². The number of thiazole rings is 1. The number of hydrazine groups is 1. The van der Waals surface area contributed by atoms with Gasteiger partial charge in [-0.1, -0.05) is 18.2 Å². The van der Waals surface area contributed by atoms with Gasteiger partial charge in [-0.2, -0.15) is 0 Å². The third kappa shape index (κ3) is 2.80. The summed E-state index contributed by atoms with van der Waals surface area (Å²) in [6, 6.07) is 7.45. The normalized spacial score (nSPS) is 16.3. The van der Waals surface area contributed by atoms with E-state index < -0.39 is 0 Å². The van der Waals surface area contributed by atoms with E-state index in [0.29, 0.717) is 23.6 Å². The number of aromatic nitrogens is 1. The average Bonchev–Trinajstić information content (AvgIpc) is 2.98. The molecule has 1 aromatic heterocycles. The van der Waals surface area contributed by atoms with Crippen LogP contribution < -0.4 is 15.6 Å². The van der Waals surface area contributed by atoms with Crippen molar-refractivity contribution in [3.63, 3.8) is 0 Å². The van der Waals surface area contributed by atoms with E-state index in [1.807, 2.05) is 24.3 Å². The van der Waals surface area contributed by atoms with E-state index in [0.717, 1.165) is 11.3 Å². The SMILES string of the molecule is Cc1ncsc1C(=O)NNC(=O)[C@H]1CCOc2ccccc21. The van der Waals surface area contributed by atoms with Crippen molar-refractivity contribution in [1.29, 1.82) is 0 Å². The van der Waals surface area contributed by atoms with Crippen molar-refractivity contribution < 1.29 is 14.3 Å². The van der Waals surface area contributed by atoms with Crippen LogP contribution in [0.15, 0.2) is 29.8 Å². The second kappa shape index (κ2) is 6.15. The quantitative estimate of drug-likeness (QED) is 0.827. The molecule has 1 atom stereocenters. The Hall–Kier alpha value is -2.41. The maximum atomic E-state index is 12.3. The first-order valence-corrected chi connectivity index (χ1v) is 7.77. The zero-order valence-electron chi connectivity index (χ0n) is 12.0. The number of aryl methyl sites for hydroxylation is 1. The van der Waals surface area contributed by atoms with Crippen LogP contribution in [0.4, 0.5) is 0 Å². The number of rotatable bonds is 2. The Morgan fingerprint density at radius 2 is 2.14 bits per heavy atom. The summed E-state index contributed by atoms with van der Waals surface area (Å²) in [4.78, 5) is 28.8. The summed E-state index contributed by atoms with van der Waals surface area (Å²) < 4.78 is 5.53. The van der Waals surface area contributed by atoms with E-state index in [1.165, 1.54) is 11.3 Å². The molecule has 0 aliphatic carbocycles. The largest absolute Gasteiger partial charge is 0.493 e. The molecule has 22 heavy (non-hydrogen) atoms. The van der Waals surface area contributed by atoms with Crippen LogP contribution in [0.25, 0.3) is 0 Å². The fraction of sp³-hybridized carbons (Fsp3) is 0.267. The van der Waals surface area contributed by atoms with Crippen molar-refractivity contribution in [2.75, 3.05) is 6.61 Å². The number of benzene rings is 1. The predicted octanol–water partition coefficient (Wildman–Crippen LogP) is 1.78. The summed E-state index contributed by atoms with van der Waals surface area (Å²) in [5, 5.41) is 0. The van der Waals surface area contributed by atoms with Gasteiger partial charge in [-0.05, 0) is 19.4 Å². The molecule has 1 aliphatic heterocycles. The highest BCUT2D eigenvalue weighted by Gasteiger charge is 2.27. The molecule has 3 rings (SSSR count). The minimum Gasteiger partial charge on any atom is -0.493 e. The van der Waals surface area contributed by atoms with E-state index in [1.54, 1.807) is 12.4 Å². The number of amides is 2. The van der Waals surface area contributed by atoms with E-state index in [2.05, 4.69) is 15.8 Å². The summed E-state index contributed by atoms with van der Waals surface area (Å²) in [6.45, 7) is 2.24. The molecule has 0 bridgehead atoms. The van der Waals surface area contributed by atoms with Gasteiger partial charge in [0.1, 0.15) is 10.6 Å². The second-order valence-electron chi connectivity index (χ2n) is 4.94. The first-order chi connectivity index (χ1) is 10.7. The van der Waals surface area contributed by atoms with Crippen molar-refractivity contribution in [3.8, 4) is 5.75 Å². The molecule has 0 saturated carbocycles. The molecule has 0 saturated heterocycles. The Morgan fingerprint density at radius 1 is 1.32 bits per heavy atom. The van der Waals surface area contributed by atoms with Gasteiger partial charge in [-0.3, -0.25) is 20.4 Å². The van der Waals surface area contributed by atoms with Gasteiger partial charge in [0, 0.05) is 5.56 Å². The van der Waals surface area contributed by atoms with Crippen LogP contribution in [0.1, 0.15) is 33.3 Å². The molecule has 7 heteroatoms. The van der Waals surface area contributed by atoms with E-state index >= 15 is 0 Å². The zero-order valence-corrected chi connectivity index (χ0v) is 12.8. The Bertz CT molecular complexity index is 714. The summed E-state index contributed by atoms with van der Waals surface area (Å²) in [5.74, 6) is -0.203. The second-order valence-corrected chi connectivity index (χ2v) is 5.79. The number of carbonyl (C=O) groups is 2. The number of carbonyl (C=O) groups excluding carboxylic acids is 2. The highest BCUT2D eigenvalue weighted by Crippen LogP contribution is 2.33. The van der Waals surface area contributed by atoms with Gasteiger partial charge in [0.05, 0.1) is 23.7 Å². The summed E-state index contributed by atoms with van der Waals surface area (Å²) in [7, 11) is 0. The molecule has 2 amide bonds. The third-order valence-corrected chi connectivity index (χ3v) is 4.45. The number of hydrogen-bond acceptors (Lipinski definition) is 5. The topological polar surface area (TPSA) is 80.3 Å². The molecule has 1 aliphatic rings. The molecule has 6 nitrogen and oxygen atoms in total. The van der Waals surface area contributed by atoms with Crippen LogP contribution in [0.2, 0.25) is 0 Å². The zero-order chi connectivity index (χ0) is 15.5. The van der Waals surface area contributed by atoms with Gasteiger partial charge in [0.2, 0.25) is 5.91 Å². The van der Waals surface area contributed by atoms with Crippen molar-refractivity contribution in [1.82, 2.24) is 15.8 Å². The standard InChI is InChI=1S/C15H15N3O3S/c1-9-13(22-8-16-9)15(20)18-17-14(19)11-6-7-21-12-5-3-2-4-10(11)12/h2-5,8,11H,6-7H2,1H3,(H,17,19)(H,18,20)/t11-/m0/s1. The number of fused-ring (bicyclic) bond motifs is 1. The van der Waals surface area contributed by atoms with Crippen LogP contribution in [0, 0.1) is 6.92 Å². The van der Waals surface area contributed by atoms with Gasteiger partial charge in [-0.25, -0.2) is 4.98 Å². The van der Waals surface area contributed by atoms with Gasteiger partial charge in [-0.15, -0.1) is 11.3 Å². The minimum atomic E-state index is -0.353. The molecule has 0 radical (unpaired) electrons. The smallest absolute Gasteiger partial charge is 0.281 e. The summed E-state index contributed by atoms with van der Waals surface area (Å²) >= 11 is 1.24. The van der Waals surface area contributed by atoms with Crippen LogP contribution >= 0.6 is 11.3 Å². The van der Waals surface area contributed by atoms with Crippen LogP contribution in [-0.2, 0) is 4.79 Å². The van der Waals surface area contributed by atoms with Crippen LogP contribution in [0.3, 0.4) is 0 Å². The summed E-state index contributed by atoms with van der Waals surface area (Å²) in [5.41, 5.74) is 8.02. The molecule has 2 aromatic rings. The highest BCUT2D eigenvalue weighted by atomic mass is 32.1. The lowest BCUT2D eigenvalue weighted by molar-refractivity contribution is -0.124. The highest BCUT2D eigenvalue weighted by molar-refractivity contribution is 7.11. The van der Waals surface area contributed by atoms with Gasteiger partial charge in [0.25, 0.3) is 5.91 Å². The fourth-order valence-electron chi connectivity index (χ4n) is 2.40. The lowest BCUT2D eigenvalue weighted by Gasteiger charge is -2.25.